The highest BCUT2D eigenvalue weighted by molar-refractivity contribution is 5.27. The van der Waals surface area contributed by atoms with Crippen LogP contribution in [0.15, 0.2) is 48.5 Å². The molecule has 0 aromatic heterocycles. The summed E-state index contributed by atoms with van der Waals surface area (Å²) in [5.74, 6) is 0.462. The Hall–Kier alpha value is -1.87. The number of hydrogen-bond acceptors (Lipinski definition) is 2. The zero-order valence-electron chi connectivity index (χ0n) is 11.0. The summed E-state index contributed by atoms with van der Waals surface area (Å²) in [6.45, 7) is 2.36. The molecule has 2 nitrogen and oxygen atoms in total. The molecule has 0 saturated carbocycles. The van der Waals surface area contributed by atoms with Gasteiger partial charge in [0.1, 0.15) is 18.2 Å². The number of nitrogens with two attached hydrogens (primary N) is 1. The van der Waals surface area contributed by atoms with Crippen LogP contribution in [-0.2, 0) is 6.42 Å². The van der Waals surface area contributed by atoms with Crippen molar-refractivity contribution in [3.05, 3.63) is 65.5 Å². The first-order valence-corrected chi connectivity index (χ1v) is 6.42. The largest absolute Gasteiger partial charge is 0.492 e. The molecule has 0 amide bonds. The SMILES string of the molecule is CCc1ccc(OCC(N)c2ccccc2F)cc1. The molecule has 0 aliphatic heterocycles. The van der Waals surface area contributed by atoms with Gasteiger partial charge in [-0.25, -0.2) is 4.39 Å². The standard InChI is InChI=1S/C16H18FNO/c1-2-12-7-9-13(10-8-12)19-11-16(18)14-5-3-4-6-15(14)17/h3-10,16H,2,11,18H2,1H3. The van der Waals surface area contributed by atoms with Crippen LogP contribution in [0, 0.1) is 5.82 Å². The fourth-order valence-corrected chi connectivity index (χ4v) is 1.87. The van der Waals surface area contributed by atoms with Gasteiger partial charge in [0, 0.05) is 5.56 Å². The van der Waals surface area contributed by atoms with E-state index in [0.29, 0.717) is 5.56 Å². The van der Waals surface area contributed by atoms with Crippen LogP contribution in [-0.4, -0.2) is 6.61 Å². The average molecular weight is 259 g/mol. The fraction of sp³-hybridized carbons (Fsp3) is 0.250. The van der Waals surface area contributed by atoms with E-state index in [1.54, 1.807) is 18.2 Å². The molecule has 2 aromatic rings. The molecule has 19 heavy (non-hydrogen) atoms. The normalized spacial score (nSPS) is 12.2. The number of hydrogen-bond donors (Lipinski definition) is 1. The van der Waals surface area contributed by atoms with Gasteiger partial charge in [-0.1, -0.05) is 37.3 Å². The van der Waals surface area contributed by atoms with Gasteiger partial charge in [0.15, 0.2) is 0 Å². The lowest BCUT2D eigenvalue weighted by molar-refractivity contribution is 0.287. The van der Waals surface area contributed by atoms with Crippen molar-refractivity contribution in [2.45, 2.75) is 19.4 Å². The zero-order valence-corrected chi connectivity index (χ0v) is 11.0. The summed E-state index contributed by atoms with van der Waals surface area (Å²) >= 11 is 0. The Balaban J connectivity index is 1.96. The van der Waals surface area contributed by atoms with Crippen molar-refractivity contribution in [3.8, 4) is 5.75 Å². The second-order valence-corrected chi connectivity index (χ2v) is 4.44. The van der Waals surface area contributed by atoms with Crippen molar-refractivity contribution < 1.29 is 9.13 Å². The molecule has 100 valence electrons. The van der Waals surface area contributed by atoms with Crippen molar-refractivity contribution in [1.82, 2.24) is 0 Å². The number of ether oxygens (including phenoxy) is 1. The van der Waals surface area contributed by atoms with Crippen LogP contribution >= 0.6 is 0 Å². The first kappa shape index (κ1) is 13.6. The number of aryl methyl sites for hydroxylation is 1. The number of benzene rings is 2. The van der Waals surface area contributed by atoms with E-state index in [-0.39, 0.29) is 12.4 Å². The number of halogens is 1. The van der Waals surface area contributed by atoms with Gasteiger partial charge in [-0.15, -0.1) is 0 Å². The maximum Gasteiger partial charge on any atom is 0.128 e. The molecule has 1 atom stereocenters. The van der Waals surface area contributed by atoms with E-state index >= 15 is 0 Å². The molecule has 0 saturated heterocycles. The van der Waals surface area contributed by atoms with Gasteiger partial charge in [-0.3, -0.25) is 0 Å². The minimum absolute atomic E-state index is 0.256. The lowest BCUT2D eigenvalue weighted by Gasteiger charge is -2.14. The molecule has 0 heterocycles. The van der Waals surface area contributed by atoms with Crippen molar-refractivity contribution in [1.29, 1.82) is 0 Å². The molecule has 1 unspecified atom stereocenters. The second kappa shape index (κ2) is 6.34. The van der Waals surface area contributed by atoms with Crippen LogP contribution in [0.25, 0.3) is 0 Å². The third-order valence-corrected chi connectivity index (χ3v) is 3.07. The summed E-state index contributed by atoms with van der Waals surface area (Å²) in [5, 5.41) is 0. The van der Waals surface area contributed by atoms with Crippen molar-refractivity contribution >= 4 is 0 Å². The van der Waals surface area contributed by atoms with E-state index in [4.69, 9.17) is 10.5 Å². The van der Waals surface area contributed by atoms with Gasteiger partial charge in [0.2, 0.25) is 0 Å². The maximum absolute atomic E-state index is 13.5. The van der Waals surface area contributed by atoms with Gasteiger partial charge in [0.05, 0.1) is 6.04 Å². The van der Waals surface area contributed by atoms with Crippen LogP contribution in [0.3, 0.4) is 0 Å². The Bertz CT molecular complexity index is 525. The minimum Gasteiger partial charge on any atom is -0.492 e. The lowest BCUT2D eigenvalue weighted by atomic mass is 10.1. The van der Waals surface area contributed by atoms with Gasteiger partial charge in [0.25, 0.3) is 0 Å². The smallest absolute Gasteiger partial charge is 0.128 e. The summed E-state index contributed by atoms with van der Waals surface area (Å²) in [6.07, 6.45) is 0.995. The quantitative estimate of drug-likeness (QED) is 0.892. The molecule has 0 aliphatic rings. The summed E-state index contributed by atoms with van der Waals surface area (Å²) < 4.78 is 19.1. The molecule has 2 aromatic carbocycles. The van der Waals surface area contributed by atoms with Gasteiger partial charge >= 0.3 is 0 Å². The third-order valence-electron chi connectivity index (χ3n) is 3.07. The minimum atomic E-state index is -0.466. The van der Waals surface area contributed by atoms with Crippen LogP contribution < -0.4 is 10.5 Å². The third kappa shape index (κ3) is 3.55. The average Bonchev–Trinajstić information content (AvgIpc) is 2.46. The first-order valence-electron chi connectivity index (χ1n) is 6.42. The van der Waals surface area contributed by atoms with Crippen LogP contribution in [0.1, 0.15) is 24.1 Å². The van der Waals surface area contributed by atoms with E-state index < -0.39 is 6.04 Å². The van der Waals surface area contributed by atoms with E-state index in [1.165, 1.54) is 11.6 Å². The molecular formula is C16H18FNO. The summed E-state index contributed by atoms with van der Waals surface area (Å²) in [7, 11) is 0. The number of rotatable bonds is 5. The second-order valence-electron chi connectivity index (χ2n) is 4.44. The Morgan fingerprint density at radius 1 is 1.11 bits per heavy atom. The van der Waals surface area contributed by atoms with Gasteiger partial charge in [-0.05, 0) is 30.2 Å². The molecule has 0 aliphatic carbocycles. The molecule has 0 radical (unpaired) electrons. The summed E-state index contributed by atoms with van der Waals surface area (Å²) in [4.78, 5) is 0. The Morgan fingerprint density at radius 2 is 1.79 bits per heavy atom. The molecule has 3 heteroatoms. The predicted molar refractivity (Wildman–Crippen MR) is 74.6 cm³/mol. The first-order chi connectivity index (χ1) is 9.20. The van der Waals surface area contributed by atoms with Gasteiger partial charge in [-0.2, -0.15) is 0 Å². The summed E-state index contributed by atoms with van der Waals surface area (Å²) in [5.41, 5.74) is 7.67. The van der Waals surface area contributed by atoms with Crippen LogP contribution in [0.2, 0.25) is 0 Å². The highest BCUT2D eigenvalue weighted by atomic mass is 19.1. The predicted octanol–water partition coefficient (Wildman–Crippen LogP) is 3.47. The Kier molecular flexibility index (Phi) is 4.53. The molecular weight excluding hydrogens is 241 g/mol. The molecule has 0 bridgehead atoms. The van der Waals surface area contributed by atoms with Gasteiger partial charge < -0.3 is 10.5 Å². The zero-order chi connectivity index (χ0) is 13.7. The van der Waals surface area contributed by atoms with Crippen LogP contribution in [0.4, 0.5) is 4.39 Å². The highest BCUT2D eigenvalue weighted by Gasteiger charge is 2.11. The Labute approximate surface area is 113 Å². The van der Waals surface area contributed by atoms with E-state index in [9.17, 15) is 4.39 Å². The summed E-state index contributed by atoms with van der Waals surface area (Å²) in [6, 6.07) is 13.9. The van der Waals surface area contributed by atoms with E-state index in [1.807, 2.05) is 24.3 Å². The molecule has 2 rings (SSSR count). The fourth-order valence-electron chi connectivity index (χ4n) is 1.87. The topological polar surface area (TPSA) is 35.2 Å². The molecule has 0 fully saturated rings. The van der Waals surface area contributed by atoms with E-state index in [2.05, 4.69) is 6.92 Å². The van der Waals surface area contributed by atoms with Crippen LogP contribution in [0.5, 0.6) is 5.75 Å². The maximum atomic E-state index is 13.5. The van der Waals surface area contributed by atoms with Crippen molar-refractivity contribution in [3.63, 3.8) is 0 Å². The Morgan fingerprint density at radius 3 is 2.42 bits per heavy atom. The lowest BCUT2D eigenvalue weighted by Crippen LogP contribution is -2.20. The van der Waals surface area contributed by atoms with Crippen molar-refractivity contribution in [2.24, 2.45) is 5.73 Å². The monoisotopic (exact) mass is 259 g/mol. The molecule has 0 spiro atoms. The van der Waals surface area contributed by atoms with E-state index in [0.717, 1.165) is 12.2 Å². The van der Waals surface area contributed by atoms with Crippen molar-refractivity contribution in [2.75, 3.05) is 6.61 Å². The molecule has 2 N–H and O–H groups in total. The highest BCUT2D eigenvalue weighted by Crippen LogP contribution is 2.17.